The summed E-state index contributed by atoms with van der Waals surface area (Å²) >= 11 is 0. The first-order chi connectivity index (χ1) is 9.10. The van der Waals surface area contributed by atoms with Crippen molar-refractivity contribution >= 4 is 5.78 Å². The van der Waals surface area contributed by atoms with Crippen molar-refractivity contribution in [1.29, 1.82) is 0 Å². The molecule has 0 saturated carbocycles. The Kier molecular flexibility index (Phi) is 2.97. The minimum absolute atomic E-state index is 0.0611. The molecule has 2 aliphatic rings. The Balaban J connectivity index is 2.11. The van der Waals surface area contributed by atoms with Crippen LogP contribution in [-0.4, -0.2) is 43.0 Å². The van der Waals surface area contributed by atoms with E-state index < -0.39 is 0 Å². The Bertz CT molecular complexity index is 526. The zero-order valence-electron chi connectivity index (χ0n) is 11.3. The Morgan fingerprint density at radius 3 is 2.95 bits per heavy atom. The predicted molar refractivity (Wildman–Crippen MR) is 72.0 cm³/mol. The van der Waals surface area contributed by atoms with Gasteiger partial charge in [-0.05, 0) is 37.6 Å². The van der Waals surface area contributed by atoms with Gasteiger partial charge in [0.15, 0.2) is 5.78 Å². The summed E-state index contributed by atoms with van der Waals surface area (Å²) in [6.45, 7) is 1.98. The number of benzene rings is 1. The quantitative estimate of drug-likeness (QED) is 0.840. The average molecular weight is 261 g/mol. The first-order valence-electron chi connectivity index (χ1n) is 6.72. The summed E-state index contributed by atoms with van der Waals surface area (Å²) in [6, 6.07) is 3.45. The third-order valence-corrected chi connectivity index (χ3v) is 4.44. The molecular formula is C15H19NO3. The number of aromatic hydroxyl groups is 1. The van der Waals surface area contributed by atoms with Gasteiger partial charge in [0.05, 0.1) is 12.7 Å². The number of carbonyl (C=O) groups is 1. The number of piperidine rings is 1. The van der Waals surface area contributed by atoms with Gasteiger partial charge in [0.1, 0.15) is 11.5 Å². The molecule has 0 spiro atoms. The first kappa shape index (κ1) is 12.5. The second-order valence-electron chi connectivity index (χ2n) is 5.66. The minimum atomic E-state index is 0.0611. The third kappa shape index (κ3) is 2.00. The highest BCUT2D eigenvalue weighted by atomic mass is 16.5. The Morgan fingerprint density at radius 1 is 1.42 bits per heavy atom. The van der Waals surface area contributed by atoms with Gasteiger partial charge >= 0.3 is 0 Å². The molecule has 4 nitrogen and oxygen atoms in total. The zero-order chi connectivity index (χ0) is 13.6. The molecule has 1 aliphatic heterocycles. The fourth-order valence-corrected chi connectivity index (χ4v) is 3.44. The van der Waals surface area contributed by atoms with Crippen molar-refractivity contribution < 1.29 is 14.6 Å². The van der Waals surface area contributed by atoms with E-state index in [-0.39, 0.29) is 11.5 Å². The number of likely N-dealkylation sites (N-methyl/N-ethyl adjacent to an activating group) is 1. The van der Waals surface area contributed by atoms with Crippen LogP contribution in [0.25, 0.3) is 0 Å². The van der Waals surface area contributed by atoms with E-state index in [4.69, 9.17) is 4.74 Å². The number of hydrogen-bond donors (Lipinski definition) is 1. The van der Waals surface area contributed by atoms with E-state index in [1.165, 1.54) is 6.07 Å². The molecule has 0 amide bonds. The zero-order valence-corrected chi connectivity index (χ0v) is 11.3. The molecule has 1 fully saturated rings. The van der Waals surface area contributed by atoms with Crippen LogP contribution in [0.1, 0.15) is 34.7 Å². The van der Waals surface area contributed by atoms with Crippen LogP contribution in [0.5, 0.6) is 11.5 Å². The Morgan fingerprint density at radius 2 is 2.21 bits per heavy atom. The number of Topliss-reactive ketones (excluding diaryl/α,β-unsaturated/α-hetero) is 1. The molecule has 2 atom stereocenters. The van der Waals surface area contributed by atoms with Gasteiger partial charge in [0, 0.05) is 24.9 Å². The third-order valence-electron chi connectivity index (χ3n) is 4.44. The molecule has 0 bridgehead atoms. The number of ether oxygens (including phenoxy) is 1. The molecule has 19 heavy (non-hydrogen) atoms. The van der Waals surface area contributed by atoms with Crippen LogP contribution in [0.15, 0.2) is 12.1 Å². The lowest BCUT2D eigenvalue weighted by molar-refractivity contribution is 0.0883. The van der Waals surface area contributed by atoms with Crippen LogP contribution in [0, 0.1) is 5.92 Å². The highest BCUT2D eigenvalue weighted by molar-refractivity contribution is 6.01. The van der Waals surface area contributed by atoms with Crippen molar-refractivity contribution in [2.75, 3.05) is 27.2 Å². The van der Waals surface area contributed by atoms with Gasteiger partial charge in [-0.25, -0.2) is 0 Å². The summed E-state index contributed by atoms with van der Waals surface area (Å²) in [5.74, 6) is 1.49. The first-order valence-corrected chi connectivity index (χ1v) is 6.72. The minimum Gasteiger partial charge on any atom is -0.507 e. The number of nitrogens with zero attached hydrogens (tertiary/aromatic N) is 1. The SMILES string of the molecule is COc1cc(O)c2c(c1)[C@@H]1CN(C)CC[C@@H]1CC2=O. The van der Waals surface area contributed by atoms with Crippen LogP contribution in [0.4, 0.5) is 0 Å². The van der Waals surface area contributed by atoms with Gasteiger partial charge in [-0.15, -0.1) is 0 Å². The Labute approximate surface area is 113 Å². The van der Waals surface area contributed by atoms with E-state index in [2.05, 4.69) is 11.9 Å². The van der Waals surface area contributed by atoms with Gasteiger partial charge in [-0.2, -0.15) is 0 Å². The molecule has 0 aromatic heterocycles. The van der Waals surface area contributed by atoms with Crippen molar-refractivity contribution in [3.05, 3.63) is 23.3 Å². The largest absolute Gasteiger partial charge is 0.507 e. The molecule has 0 unspecified atom stereocenters. The van der Waals surface area contributed by atoms with Gasteiger partial charge < -0.3 is 14.7 Å². The predicted octanol–water partition coefficient (Wildman–Crippen LogP) is 2.02. The maximum atomic E-state index is 12.2. The van der Waals surface area contributed by atoms with Crippen molar-refractivity contribution in [2.45, 2.75) is 18.8 Å². The second-order valence-corrected chi connectivity index (χ2v) is 5.66. The monoisotopic (exact) mass is 261 g/mol. The summed E-state index contributed by atoms with van der Waals surface area (Å²) in [5.41, 5.74) is 1.47. The van der Waals surface area contributed by atoms with E-state index in [0.717, 1.165) is 25.1 Å². The number of carbonyl (C=O) groups excluding carboxylic acids is 1. The lowest BCUT2D eigenvalue weighted by atomic mass is 9.71. The molecule has 1 saturated heterocycles. The van der Waals surface area contributed by atoms with E-state index in [1.807, 2.05) is 6.07 Å². The van der Waals surface area contributed by atoms with Gasteiger partial charge in [0.25, 0.3) is 0 Å². The number of fused-ring (bicyclic) bond motifs is 3. The van der Waals surface area contributed by atoms with Crippen LogP contribution >= 0.6 is 0 Å². The maximum absolute atomic E-state index is 12.2. The van der Waals surface area contributed by atoms with Crippen LogP contribution in [-0.2, 0) is 0 Å². The van der Waals surface area contributed by atoms with E-state index in [1.54, 1.807) is 7.11 Å². The molecule has 4 heteroatoms. The lowest BCUT2D eigenvalue weighted by Gasteiger charge is -2.40. The number of methoxy groups -OCH3 is 1. The van der Waals surface area contributed by atoms with Gasteiger partial charge in [-0.1, -0.05) is 0 Å². The van der Waals surface area contributed by atoms with E-state index in [9.17, 15) is 9.90 Å². The molecule has 1 aromatic rings. The molecular weight excluding hydrogens is 242 g/mol. The fraction of sp³-hybridized carbons (Fsp3) is 0.533. The summed E-state index contributed by atoms with van der Waals surface area (Å²) < 4.78 is 5.22. The van der Waals surface area contributed by atoms with Crippen molar-refractivity contribution in [3.8, 4) is 11.5 Å². The van der Waals surface area contributed by atoms with Crippen LogP contribution in [0.2, 0.25) is 0 Å². The van der Waals surface area contributed by atoms with Crippen molar-refractivity contribution in [1.82, 2.24) is 4.90 Å². The molecule has 102 valence electrons. The fourth-order valence-electron chi connectivity index (χ4n) is 3.44. The number of rotatable bonds is 1. The van der Waals surface area contributed by atoms with Crippen molar-refractivity contribution in [3.63, 3.8) is 0 Å². The molecule has 1 aliphatic carbocycles. The highest BCUT2D eigenvalue weighted by Gasteiger charge is 2.38. The van der Waals surface area contributed by atoms with Gasteiger partial charge in [-0.3, -0.25) is 4.79 Å². The van der Waals surface area contributed by atoms with Gasteiger partial charge in [0.2, 0.25) is 0 Å². The number of phenolic OH excluding ortho intramolecular Hbond substituents is 1. The topological polar surface area (TPSA) is 49.8 Å². The normalized spacial score (nSPS) is 26.7. The molecule has 3 rings (SSSR count). The highest BCUT2D eigenvalue weighted by Crippen LogP contribution is 2.45. The number of ketones is 1. The summed E-state index contributed by atoms with van der Waals surface area (Å²) in [6.07, 6.45) is 1.61. The lowest BCUT2D eigenvalue weighted by Crippen LogP contribution is -2.40. The molecule has 0 radical (unpaired) electrons. The number of likely N-dealkylation sites (tertiary alicyclic amines) is 1. The van der Waals surface area contributed by atoms with E-state index >= 15 is 0 Å². The van der Waals surface area contributed by atoms with Crippen LogP contribution in [0.3, 0.4) is 0 Å². The Hall–Kier alpha value is -1.55. The smallest absolute Gasteiger partial charge is 0.167 e. The van der Waals surface area contributed by atoms with Crippen molar-refractivity contribution in [2.24, 2.45) is 5.92 Å². The molecule has 1 N–H and O–H groups in total. The average Bonchev–Trinajstić information content (AvgIpc) is 2.39. The second kappa shape index (κ2) is 4.53. The standard InChI is InChI=1S/C15H19NO3/c1-16-4-3-9-5-13(17)15-11(12(9)8-16)6-10(19-2)7-14(15)18/h6-7,9,12,18H,3-5,8H2,1-2H3/t9-,12-/m1/s1. The van der Waals surface area contributed by atoms with E-state index in [0.29, 0.717) is 29.6 Å². The molecule has 1 aromatic carbocycles. The molecule has 1 heterocycles. The maximum Gasteiger partial charge on any atom is 0.167 e. The number of phenols is 1. The summed E-state index contributed by atoms with van der Waals surface area (Å²) in [4.78, 5) is 14.5. The summed E-state index contributed by atoms with van der Waals surface area (Å²) in [7, 11) is 3.68. The number of hydrogen-bond acceptors (Lipinski definition) is 4. The van der Waals surface area contributed by atoms with Crippen LogP contribution < -0.4 is 4.74 Å². The summed E-state index contributed by atoms with van der Waals surface area (Å²) in [5, 5.41) is 10.1.